The van der Waals surface area contributed by atoms with Crippen LogP contribution in [0.4, 0.5) is 0 Å². The molecule has 0 radical (unpaired) electrons. The van der Waals surface area contributed by atoms with Crippen molar-refractivity contribution in [2.24, 2.45) is 0 Å². The van der Waals surface area contributed by atoms with Gasteiger partial charge < -0.3 is 5.32 Å². The van der Waals surface area contributed by atoms with E-state index in [1.807, 2.05) is 0 Å². The number of nitrogens with one attached hydrogen (secondary N) is 1. The number of rotatable bonds is 4. The predicted octanol–water partition coefficient (Wildman–Crippen LogP) is 5.66. The van der Waals surface area contributed by atoms with Crippen molar-refractivity contribution in [3.8, 4) is 0 Å². The van der Waals surface area contributed by atoms with E-state index in [-0.39, 0.29) is 5.41 Å². The van der Waals surface area contributed by atoms with Crippen molar-refractivity contribution in [2.75, 3.05) is 0 Å². The standard InChI is InChI=1S/C17H22BrNS/c1-12(19-10-16-9-15(18)11-20-16)13-5-7-14(8-6-13)17(2,3)4/h5-9,11-12,19H,10H2,1-4H3. The summed E-state index contributed by atoms with van der Waals surface area (Å²) in [6.07, 6.45) is 0. The predicted molar refractivity (Wildman–Crippen MR) is 92.4 cm³/mol. The Hall–Kier alpha value is -0.640. The average Bonchev–Trinajstić information content (AvgIpc) is 2.81. The number of thiophene rings is 1. The fourth-order valence-corrected chi connectivity index (χ4v) is 3.49. The van der Waals surface area contributed by atoms with Crippen LogP contribution in [0.15, 0.2) is 40.2 Å². The van der Waals surface area contributed by atoms with Gasteiger partial charge in [0.1, 0.15) is 0 Å². The molecule has 0 aliphatic heterocycles. The molecule has 0 saturated carbocycles. The third kappa shape index (κ3) is 4.18. The summed E-state index contributed by atoms with van der Waals surface area (Å²) in [5, 5.41) is 5.70. The van der Waals surface area contributed by atoms with Crippen LogP contribution in [0.5, 0.6) is 0 Å². The Balaban J connectivity index is 1.97. The fourth-order valence-electron chi connectivity index (χ4n) is 2.09. The van der Waals surface area contributed by atoms with E-state index in [2.05, 4.69) is 84.7 Å². The smallest absolute Gasteiger partial charge is 0.0305 e. The highest BCUT2D eigenvalue weighted by molar-refractivity contribution is 9.10. The summed E-state index contributed by atoms with van der Waals surface area (Å²) in [6.45, 7) is 9.88. The fraction of sp³-hybridized carbons (Fsp3) is 0.412. The molecule has 1 atom stereocenters. The molecule has 20 heavy (non-hydrogen) atoms. The van der Waals surface area contributed by atoms with Crippen LogP contribution in [0.2, 0.25) is 0 Å². The Morgan fingerprint density at radius 2 is 1.85 bits per heavy atom. The average molecular weight is 352 g/mol. The normalized spacial score (nSPS) is 13.4. The van der Waals surface area contributed by atoms with Gasteiger partial charge in [0.05, 0.1) is 0 Å². The minimum Gasteiger partial charge on any atom is -0.305 e. The highest BCUT2D eigenvalue weighted by Crippen LogP contribution is 2.24. The molecule has 0 spiro atoms. The molecule has 108 valence electrons. The van der Waals surface area contributed by atoms with Gasteiger partial charge in [-0.15, -0.1) is 11.3 Å². The molecule has 1 heterocycles. The molecule has 2 aromatic rings. The van der Waals surface area contributed by atoms with Crippen LogP contribution < -0.4 is 5.32 Å². The van der Waals surface area contributed by atoms with Crippen LogP contribution in [-0.4, -0.2) is 0 Å². The van der Waals surface area contributed by atoms with Gasteiger partial charge in [0.25, 0.3) is 0 Å². The molecular weight excluding hydrogens is 330 g/mol. The van der Waals surface area contributed by atoms with Crippen molar-refractivity contribution in [3.63, 3.8) is 0 Å². The van der Waals surface area contributed by atoms with Gasteiger partial charge >= 0.3 is 0 Å². The second-order valence-corrected chi connectivity index (χ2v) is 8.12. The summed E-state index contributed by atoms with van der Waals surface area (Å²) in [5.41, 5.74) is 2.95. The summed E-state index contributed by atoms with van der Waals surface area (Å²) in [7, 11) is 0. The third-order valence-electron chi connectivity index (χ3n) is 3.48. The van der Waals surface area contributed by atoms with E-state index in [9.17, 15) is 0 Å². The highest BCUT2D eigenvalue weighted by atomic mass is 79.9. The molecule has 3 heteroatoms. The molecule has 1 nitrogen and oxygen atoms in total. The van der Waals surface area contributed by atoms with Crippen molar-refractivity contribution in [1.29, 1.82) is 0 Å². The van der Waals surface area contributed by atoms with E-state index in [0.717, 1.165) is 6.54 Å². The molecule has 2 rings (SSSR count). The monoisotopic (exact) mass is 351 g/mol. The van der Waals surface area contributed by atoms with Gasteiger partial charge in [0.15, 0.2) is 0 Å². The van der Waals surface area contributed by atoms with Crippen LogP contribution in [0, 0.1) is 0 Å². The molecule has 0 fully saturated rings. The van der Waals surface area contributed by atoms with E-state index < -0.39 is 0 Å². The van der Waals surface area contributed by atoms with Crippen molar-refractivity contribution in [2.45, 2.75) is 45.7 Å². The third-order valence-corrected chi connectivity index (χ3v) is 5.18. The zero-order valence-electron chi connectivity index (χ0n) is 12.5. The van der Waals surface area contributed by atoms with Crippen molar-refractivity contribution in [1.82, 2.24) is 5.32 Å². The summed E-state index contributed by atoms with van der Waals surface area (Å²) in [6, 6.07) is 11.5. The number of hydrogen-bond acceptors (Lipinski definition) is 2. The molecule has 0 bridgehead atoms. The van der Waals surface area contributed by atoms with Gasteiger partial charge in [-0.2, -0.15) is 0 Å². The van der Waals surface area contributed by atoms with Crippen molar-refractivity contribution < 1.29 is 0 Å². The lowest BCUT2D eigenvalue weighted by Crippen LogP contribution is -2.18. The van der Waals surface area contributed by atoms with E-state index >= 15 is 0 Å². The first-order valence-corrected chi connectivity index (χ1v) is 8.60. The quantitative estimate of drug-likeness (QED) is 0.749. The van der Waals surface area contributed by atoms with E-state index in [0.29, 0.717) is 6.04 Å². The molecule has 1 aromatic carbocycles. The first-order chi connectivity index (χ1) is 9.36. The summed E-state index contributed by atoms with van der Waals surface area (Å²) in [4.78, 5) is 1.36. The van der Waals surface area contributed by atoms with Crippen LogP contribution in [0.1, 0.15) is 49.7 Å². The van der Waals surface area contributed by atoms with Crippen LogP contribution >= 0.6 is 27.3 Å². The molecule has 0 aliphatic carbocycles. The molecule has 0 amide bonds. The second kappa shape index (κ2) is 6.42. The Kier molecular flexibility index (Phi) is 5.05. The van der Waals surface area contributed by atoms with Crippen molar-refractivity contribution in [3.05, 3.63) is 56.2 Å². The SMILES string of the molecule is CC(NCc1cc(Br)cs1)c1ccc(C(C)(C)C)cc1. The maximum Gasteiger partial charge on any atom is 0.0305 e. The summed E-state index contributed by atoms with van der Waals surface area (Å²) >= 11 is 5.28. The molecule has 0 aliphatic rings. The first-order valence-electron chi connectivity index (χ1n) is 6.93. The molecular formula is C17H22BrNS. The molecule has 0 saturated heterocycles. The van der Waals surface area contributed by atoms with Gasteiger partial charge in [-0.25, -0.2) is 0 Å². The van der Waals surface area contributed by atoms with E-state index in [1.165, 1.54) is 20.5 Å². The zero-order valence-corrected chi connectivity index (χ0v) is 14.9. The van der Waals surface area contributed by atoms with Gasteiger partial charge in [-0.05, 0) is 45.5 Å². The lowest BCUT2D eigenvalue weighted by molar-refractivity contribution is 0.572. The van der Waals surface area contributed by atoms with Crippen LogP contribution in [0.3, 0.4) is 0 Å². The van der Waals surface area contributed by atoms with Gasteiger partial charge in [-0.3, -0.25) is 0 Å². The molecule has 1 N–H and O–H groups in total. The minimum atomic E-state index is 0.221. The maximum atomic E-state index is 3.58. The van der Waals surface area contributed by atoms with Crippen LogP contribution in [0.25, 0.3) is 0 Å². The topological polar surface area (TPSA) is 12.0 Å². The lowest BCUT2D eigenvalue weighted by Gasteiger charge is -2.20. The van der Waals surface area contributed by atoms with Gasteiger partial charge in [-0.1, -0.05) is 45.0 Å². The Morgan fingerprint density at radius 1 is 1.20 bits per heavy atom. The number of benzene rings is 1. The number of hydrogen-bond donors (Lipinski definition) is 1. The minimum absolute atomic E-state index is 0.221. The molecule has 1 aromatic heterocycles. The Labute approximate surface area is 134 Å². The largest absolute Gasteiger partial charge is 0.305 e. The van der Waals surface area contributed by atoms with Crippen LogP contribution in [-0.2, 0) is 12.0 Å². The maximum absolute atomic E-state index is 3.58. The second-order valence-electron chi connectivity index (χ2n) is 6.21. The number of halogens is 1. The highest BCUT2D eigenvalue weighted by Gasteiger charge is 2.14. The zero-order chi connectivity index (χ0) is 14.8. The molecule has 1 unspecified atom stereocenters. The summed E-state index contributed by atoms with van der Waals surface area (Å²) in [5.74, 6) is 0. The Bertz CT molecular complexity index is 551. The van der Waals surface area contributed by atoms with Gasteiger partial charge in [0.2, 0.25) is 0 Å². The van der Waals surface area contributed by atoms with Gasteiger partial charge in [0, 0.05) is 27.3 Å². The van der Waals surface area contributed by atoms with E-state index in [4.69, 9.17) is 0 Å². The van der Waals surface area contributed by atoms with E-state index in [1.54, 1.807) is 11.3 Å². The summed E-state index contributed by atoms with van der Waals surface area (Å²) < 4.78 is 1.17. The van der Waals surface area contributed by atoms with Crippen molar-refractivity contribution >= 4 is 27.3 Å². The first kappa shape index (κ1) is 15.7. The Morgan fingerprint density at radius 3 is 2.35 bits per heavy atom. The lowest BCUT2D eigenvalue weighted by atomic mass is 9.86.